The lowest BCUT2D eigenvalue weighted by atomic mass is 10.4. The number of nitrogens with zero attached hydrogens (tertiary/aromatic N) is 2. The van der Waals surface area contributed by atoms with Crippen LogP contribution in [0.1, 0.15) is 31.9 Å². The summed E-state index contributed by atoms with van der Waals surface area (Å²) in [6.45, 7) is 4.14. The van der Waals surface area contributed by atoms with Gasteiger partial charge in [0.05, 0.1) is 5.88 Å². The molecule has 1 fully saturated rings. The van der Waals surface area contributed by atoms with Gasteiger partial charge in [-0.3, -0.25) is 0 Å². The van der Waals surface area contributed by atoms with Crippen LogP contribution in [0.15, 0.2) is 17.2 Å². The molecule has 0 amide bonds. The van der Waals surface area contributed by atoms with Crippen LogP contribution in [0, 0.1) is 0 Å². The van der Waals surface area contributed by atoms with Crippen molar-refractivity contribution in [2.24, 2.45) is 0 Å². The molecule has 0 N–H and O–H groups in total. The van der Waals surface area contributed by atoms with Crippen molar-refractivity contribution >= 4 is 21.6 Å². The largest absolute Gasteiger partial charge is 0.349 e. The Morgan fingerprint density at radius 1 is 1.33 bits per heavy atom. The molecule has 1 aliphatic rings. The predicted octanol–water partition coefficient (Wildman–Crippen LogP) is 2.42. The van der Waals surface area contributed by atoms with Crippen LogP contribution in [-0.2, 0) is 22.4 Å². The molecule has 1 aliphatic heterocycles. The molecule has 2 heterocycles. The first-order valence-electron chi connectivity index (χ1n) is 6.34. The molecular formula is C12H19ClN2O2S. The predicted molar refractivity (Wildman–Crippen MR) is 72.3 cm³/mol. The van der Waals surface area contributed by atoms with Gasteiger partial charge in [-0.15, -0.1) is 11.6 Å². The summed E-state index contributed by atoms with van der Waals surface area (Å²) in [4.78, 5) is 0.383. The van der Waals surface area contributed by atoms with E-state index in [1.54, 1.807) is 16.6 Å². The van der Waals surface area contributed by atoms with Gasteiger partial charge in [0, 0.05) is 31.5 Å². The molecule has 0 bridgehead atoms. The van der Waals surface area contributed by atoms with Crippen molar-refractivity contribution in [1.82, 2.24) is 8.87 Å². The number of rotatable bonds is 5. The topological polar surface area (TPSA) is 42.3 Å². The third-order valence-electron chi connectivity index (χ3n) is 3.27. The van der Waals surface area contributed by atoms with E-state index < -0.39 is 10.0 Å². The van der Waals surface area contributed by atoms with Gasteiger partial charge in [0.15, 0.2) is 0 Å². The number of alkyl halides is 1. The molecule has 2 rings (SSSR count). The lowest BCUT2D eigenvalue weighted by molar-refractivity contribution is 0.477. The third-order valence-corrected chi connectivity index (χ3v) is 5.40. The fraction of sp³-hybridized carbons (Fsp3) is 0.667. The van der Waals surface area contributed by atoms with E-state index in [0.29, 0.717) is 23.9 Å². The van der Waals surface area contributed by atoms with E-state index in [-0.39, 0.29) is 0 Å². The Kier molecular flexibility index (Phi) is 4.35. The molecule has 0 aliphatic carbocycles. The monoisotopic (exact) mass is 290 g/mol. The maximum Gasteiger partial charge on any atom is 0.244 e. The zero-order valence-electron chi connectivity index (χ0n) is 10.6. The minimum atomic E-state index is -3.31. The normalized spacial score (nSPS) is 17.4. The van der Waals surface area contributed by atoms with Crippen LogP contribution < -0.4 is 0 Å². The summed E-state index contributed by atoms with van der Waals surface area (Å²) in [5.41, 5.74) is 0.872. The highest BCUT2D eigenvalue weighted by Crippen LogP contribution is 2.23. The highest BCUT2D eigenvalue weighted by Gasteiger charge is 2.28. The Morgan fingerprint density at radius 2 is 2.00 bits per heavy atom. The molecule has 102 valence electrons. The number of aromatic nitrogens is 1. The summed E-state index contributed by atoms with van der Waals surface area (Å²) in [6, 6.07) is 1.70. The van der Waals surface area contributed by atoms with Gasteiger partial charge >= 0.3 is 0 Å². The number of sulfonamides is 1. The highest BCUT2D eigenvalue weighted by molar-refractivity contribution is 7.89. The summed E-state index contributed by atoms with van der Waals surface area (Å²) in [6.07, 6.45) is 4.59. The fourth-order valence-electron chi connectivity index (χ4n) is 2.30. The summed E-state index contributed by atoms with van der Waals surface area (Å²) < 4.78 is 28.3. The first-order chi connectivity index (χ1) is 8.59. The van der Waals surface area contributed by atoms with Gasteiger partial charge in [-0.25, -0.2) is 8.42 Å². The summed E-state index contributed by atoms with van der Waals surface area (Å²) >= 11 is 5.86. The van der Waals surface area contributed by atoms with E-state index in [9.17, 15) is 8.42 Å². The Labute approximate surface area is 114 Å². The Bertz CT molecular complexity index is 504. The smallest absolute Gasteiger partial charge is 0.244 e. The van der Waals surface area contributed by atoms with Crippen molar-refractivity contribution in [3.8, 4) is 0 Å². The Balaban J connectivity index is 2.32. The van der Waals surface area contributed by atoms with Crippen molar-refractivity contribution in [2.45, 2.75) is 43.5 Å². The van der Waals surface area contributed by atoms with E-state index in [1.165, 1.54) is 0 Å². The summed E-state index contributed by atoms with van der Waals surface area (Å²) in [7, 11) is -3.31. The third kappa shape index (κ3) is 2.58. The first kappa shape index (κ1) is 13.9. The molecule has 18 heavy (non-hydrogen) atoms. The summed E-state index contributed by atoms with van der Waals surface area (Å²) in [5.74, 6) is 0.343. The van der Waals surface area contributed by atoms with E-state index in [1.807, 2.05) is 4.57 Å². The second-order valence-corrected chi connectivity index (χ2v) is 6.81. The lowest BCUT2D eigenvalue weighted by Crippen LogP contribution is -2.27. The number of halogens is 1. The molecule has 1 aromatic heterocycles. The van der Waals surface area contributed by atoms with Crippen molar-refractivity contribution in [3.05, 3.63) is 18.0 Å². The molecule has 1 saturated heterocycles. The molecule has 0 spiro atoms. The van der Waals surface area contributed by atoms with Crippen LogP contribution in [0.4, 0.5) is 0 Å². The molecule has 0 aromatic carbocycles. The van der Waals surface area contributed by atoms with Crippen LogP contribution in [-0.4, -0.2) is 30.4 Å². The quantitative estimate of drug-likeness (QED) is 0.782. The molecule has 0 unspecified atom stereocenters. The van der Waals surface area contributed by atoms with Crippen molar-refractivity contribution < 1.29 is 8.42 Å². The Hall–Kier alpha value is -0.520. The molecule has 0 saturated carbocycles. The lowest BCUT2D eigenvalue weighted by Gasteiger charge is -2.13. The zero-order chi connectivity index (χ0) is 13.2. The standard InChI is InChI=1S/C12H19ClN2O2S/c1-2-5-14-10-12(8-11(14)9-13)18(16,17)15-6-3-4-7-15/h8,10H,2-7,9H2,1H3. The van der Waals surface area contributed by atoms with Gasteiger partial charge in [0.1, 0.15) is 4.90 Å². The fourth-order valence-corrected chi connectivity index (χ4v) is 4.12. The van der Waals surface area contributed by atoms with Crippen LogP contribution >= 0.6 is 11.6 Å². The average molecular weight is 291 g/mol. The van der Waals surface area contributed by atoms with Crippen LogP contribution in [0.2, 0.25) is 0 Å². The first-order valence-corrected chi connectivity index (χ1v) is 8.32. The average Bonchev–Trinajstić information content (AvgIpc) is 2.98. The zero-order valence-corrected chi connectivity index (χ0v) is 12.2. The van der Waals surface area contributed by atoms with Crippen molar-refractivity contribution in [3.63, 3.8) is 0 Å². The maximum absolute atomic E-state index is 12.4. The van der Waals surface area contributed by atoms with Gasteiger partial charge in [-0.05, 0) is 25.3 Å². The summed E-state index contributed by atoms with van der Waals surface area (Å²) in [5, 5.41) is 0. The molecule has 0 atom stereocenters. The molecule has 6 heteroatoms. The van der Waals surface area contributed by atoms with Gasteiger partial charge in [0.25, 0.3) is 0 Å². The minimum Gasteiger partial charge on any atom is -0.349 e. The van der Waals surface area contributed by atoms with Gasteiger partial charge < -0.3 is 4.57 Å². The maximum atomic E-state index is 12.4. The van der Waals surface area contributed by atoms with Gasteiger partial charge in [-0.1, -0.05) is 6.92 Å². The van der Waals surface area contributed by atoms with E-state index >= 15 is 0 Å². The van der Waals surface area contributed by atoms with Crippen LogP contribution in [0.25, 0.3) is 0 Å². The van der Waals surface area contributed by atoms with E-state index in [2.05, 4.69) is 6.92 Å². The van der Waals surface area contributed by atoms with Crippen LogP contribution in [0.3, 0.4) is 0 Å². The Morgan fingerprint density at radius 3 is 2.56 bits per heavy atom. The molecule has 1 aromatic rings. The van der Waals surface area contributed by atoms with E-state index in [4.69, 9.17) is 11.6 Å². The minimum absolute atomic E-state index is 0.343. The number of aryl methyl sites for hydroxylation is 1. The van der Waals surface area contributed by atoms with Crippen molar-refractivity contribution in [2.75, 3.05) is 13.1 Å². The van der Waals surface area contributed by atoms with E-state index in [0.717, 1.165) is 31.5 Å². The number of hydrogen-bond donors (Lipinski definition) is 0. The number of hydrogen-bond acceptors (Lipinski definition) is 2. The second-order valence-electron chi connectivity index (χ2n) is 4.61. The van der Waals surface area contributed by atoms with Crippen LogP contribution in [0.5, 0.6) is 0 Å². The second kappa shape index (κ2) is 5.63. The SMILES string of the molecule is CCCn1cc(S(=O)(=O)N2CCCC2)cc1CCl. The highest BCUT2D eigenvalue weighted by atomic mass is 35.5. The van der Waals surface area contributed by atoms with Crippen molar-refractivity contribution in [1.29, 1.82) is 0 Å². The van der Waals surface area contributed by atoms with Gasteiger partial charge in [0.2, 0.25) is 10.0 Å². The van der Waals surface area contributed by atoms with Gasteiger partial charge in [-0.2, -0.15) is 4.31 Å². The molecule has 0 radical (unpaired) electrons. The molecular weight excluding hydrogens is 272 g/mol. The molecule has 4 nitrogen and oxygen atoms in total.